The van der Waals surface area contributed by atoms with Crippen LogP contribution in [0.5, 0.6) is 0 Å². The summed E-state index contributed by atoms with van der Waals surface area (Å²) in [4.78, 5) is 11.4. The van der Waals surface area contributed by atoms with Crippen LogP contribution in [0.3, 0.4) is 0 Å². The molecule has 0 aliphatic heterocycles. The highest BCUT2D eigenvalue weighted by Gasteiger charge is 2.05. The van der Waals surface area contributed by atoms with Gasteiger partial charge < -0.3 is 4.42 Å². The average molecular weight is 228 g/mol. The Balaban J connectivity index is 1.81. The summed E-state index contributed by atoms with van der Waals surface area (Å²) >= 11 is 0. The van der Waals surface area contributed by atoms with Crippen LogP contribution in [0.1, 0.15) is 16.1 Å². The van der Waals surface area contributed by atoms with Gasteiger partial charge in [0.05, 0.1) is 6.26 Å². The molecule has 0 saturated heterocycles. The SMILES string of the molecule is O=C(NN=CCc1ccccc1)c1ccco1. The number of carbonyl (C=O) groups excluding carboxylic acids is 1. The van der Waals surface area contributed by atoms with E-state index in [-0.39, 0.29) is 11.7 Å². The van der Waals surface area contributed by atoms with E-state index in [1.165, 1.54) is 6.26 Å². The predicted octanol–water partition coefficient (Wildman–Crippen LogP) is 2.24. The molecular weight excluding hydrogens is 216 g/mol. The molecule has 0 aliphatic rings. The molecule has 1 amide bonds. The van der Waals surface area contributed by atoms with Crippen LogP contribution in [0.25, 0.3) is 0 Å². The molecule has 17 heavy (non-hydrogen) atoms. The molecular formula is C13H12N2O2. The zero-order valence-corrected chi connectivity index (χ0v) is 9.17. The van der Waals surface area contributed by atoms with Crippen molar-refractivity contribution in [2.45, 2.75) is 6.42 Å². The number of benzene rings is 1. The van der Waals surface area contributed by atoms with Gasteiger partial charge in [-0.05, 0) is 17.7 Å². The summed E-state index contributed by atoms with van der Waals surface area (Å²) in [7, 11) is 0. The van der Waals surface area contributed by atoms with Gasteiger partial charge in [-0.1, -0.05) is 30.3 Å². The minimum atomic E-state index is -0.348. The molecule has 0 atom stereocenters. The van der Waals surface area contributed by atoms with Crippen LogP contribution in [-0.4, -0.2) is 12.1 Å². The van der Waals surface area contributed by atoms with E-state index in [0.29, 0.717) is 6.42 Å². The van der Waals surface area contributed by atoms with Crippen molar-refractivity contribution < 1.29 is 9.21 Å². The molecule has 1 aromatic heterocycles. The third-order valence-electron chi connectivity index (χ3n) is 2.17. The molecule has 0 bridgehead atoms. The van der Waals surface area contributed by atoms with Crippen LogP contribution in [0, 0.1) is 0 Å². The van der Waals surface area contributed by atoms with Crippen molar-refractivity contribution in [2.24, 2.45) is 5.10 Å². The molecule has 0 fully saturated rings. The van der Waals surface area contributed by atoms with Crippen LogP contribution < -0.4 is 5.43 Å². The first kappa shape index (κ1) is 11.1. The summed E-state index contributed by atoms with van der Waals surface area (Å²) in [6.07, 6.45) is 3.78. The topological polar surface area (TPSA) is 54.6 Å². The molecule has 4 heteroatoms. The first-order valence-corrected chi connectivity index (χ1v) is 5.25. The van der Waals surface area contributed by atoms with E-state index < -0.39 is 0 Å². The average Bonchev–Trinajstić information content (AvgIpc) is 2.89. The molecule has 0 unspecified atom stereocenters. The van der Waals surface area contributed by atoms with E-state index in [1.54, 1.807) is 18.3 Å². The van der Waals surface area contributed by atoms with E-state index in [2.05, 4.69) is 10.5 Å². The molecule has 2 aromatic rings. The van der Waals surface area contributed by atoms with E-state index in [0.717, 1.165) is 5.56 Å². The molecule has 0 saturated carbocycles. The number of hydrazone groups is 1. The second-order valence-corrected chi connectivity index (χ2v) is 3.42. The van der Waals surface area contributed by atoms with Crippen molar-refractivity contribution in [1.82, 2.24) is 5.43 Å². The highest BCUT2D eigenvalue weighted by molar-refractivity contribution is 5.91. The summed E-state index contributed by atoms with van der Waals surface area (Å²) < 4.78 is 4.92. The fourth-order valence-corrected chi connectivity index (χ4v) is 1.33. The monoisotopic (exact) mass is 228 g/mol. The number of rotatable bonds is 4. The van der Waals surface area contributed by atoms with Crippen LogP contribution in [0.2, 0.25) is 0 Å². The molecule has 0 spiro atoms. The quantitative estimate of drug-likeness (QED) is 0.644. The number of nitrogens with zero attached hydrogens (tertiary/aromatic N) is 1. The van der Waals surface area contributed by atoms with Crippen molar-refractivity contribution in [3.8, 4) is 0 Å². The Labute approximate surface area is 99.0 Å². The second-order valence-electron chi connectivity index (χ2n) is 3.42. The number of hydrogen-bond donors (Lipinski definition) is 1. The maximum absolute atomic E-state index is 11.4. The van der Waals surface area contributed by atoms with Gasteiger partial charge in [-0.15, -0.1) is 0 Å². The maximum Gasteiger partial charge on any atom is 0.307 e. The van der Waals surface area contributed by atoms with Crippen LogP contribution in [-0.2, 0) is 6.42 Å². The molecule has 86 valence electrons. The lowest BCUT2D eigenvalue weighted by molar-refractivity contribution is 0.0927. The van der Waals surface area contributed by atoms with Crippen molar-refractivity contribution in [2.75, 3.05) is 0 Å². The zero-order valence-electron chi connectivity index (χ0n) is 9.17. The maximum atomic E-state index is 11.4. The summed E-state index contributed by atoms with van der Waals surface area (Å²) in [6, 6.07) is 13.1. The van der Waals surface area contributed by atoms with Crippen molar-refractivity contribution in [1.29, 1.82) is 0 Å². The lowest BCUT2D eigenvalue weighted by Gasteiger charge is -1.96. The fourth-order valence-electron chi connectivity index (χ4n) is 1.33. The van der Waals surface area contributed by atoms with Crippen LogP contribution >= 0.6 is 0 Å². The van der Waals surface area contributed by atoms with Crippen LogP contribution in [0.15, 0.2) is 58.2 Å². The Hall–Kier alpha value is -2.36. The molecule has 1 aromatic carbocycles. The summed E-state index contributed by atoms with van der Waals surface area (Å²) in [6.45, 7) is 0. The lowest BCUT2D eigenvalue weighted by atomic mass is 10.2. The van der Waals surface area contributed by atoms with E-state index in [1.807, 2.05) is 30.3 Å². The smallest absolute Gasteiger partial charge is 0.307 e. The van der Waals surface area contributed by atoms with Gasteiger partial charge >= 0.3 is 5.91 Å². The standard InChI is InChI=1S/C13H12N2O2/c16-13(12-7-4-10-17-12)15-14-9-8-11-5-2-1-3-6-11/h1-7,9-10H,8H2,(H,15,16). The molecule has 4 nitrogen and oxygen atoms in total. The van der Waals surface area contributed by atoms with Gasteiger partial charge in [0.15, 0.2) is 5.76 Å². The van der Waals surface area contributed by atoms with Gasteiger partial charge in [0.2, 0.25) is 0 Å². The number of nitrogens with one attached hydrogen (secondary N) is 1. The number of furan rings is 1. The Kier molecular flexibility index (Phi) is 3.70. The molecule has 0 aliphatic carbocycles. The van der Waals surface area contributed by atoms with Gasteiger partial charge in [0.1, 0.15) is 0 Å². The number of carbonyl (C=O) groups is 1. The Morgan fingerprint density at radius 2 is 2.06 bits per heavy atom. The first-order valence-electron chi connectivity index (χ1n) is 5.25. The number of amides is 1. The number of hydrogen-bond acceptors (Lipinski definition) is 3. The van der Waals surface area contributed by atoms with Crippen molar-refractivity contribution in [3.05, 3.63) is 60.1 Å². The van der Waals surface area contributed by atoms with Gasteiger partial charge in [-0.25, -0.2) is 5.43 Å². The fraction of sp³-hybridized carbons (Fsp3) is 0.0769. The third-order valence-corrected chi connectivity index (χ3v) is 2.17. The highest BCUT2D eigenvalue weighted by atomic mass is 16.3. The third kappa shape index (κ3) is 3.31. The van der Waals surface area contributed by atoms with Crippen molar-refractivity contribution in [3.63, 3.8) is 0 Å². The summed E-state index contributed by atoms with van der Waals surface area (Å²) in [5.41, 5.74) is 3.53. The zero-order chi connectivity index (χ0) is 11.9. The summed E-state index contributed by atoms with van der Waals surface area (Å²) in [5.74, 6) is -0.0961. The van der Waals surface area contributed by atoms with Gasteiger partial charge in [0, 0.05) is 12.6 Å². The van der Waals surface area contributed by atoms with Gasteiger partial charge in [-0.3, -0.25) is 4.79 Å². The normalized spacial score (nSPS) is 10.6. The first-order chi connectivity index (χ1) is 8.36. The van der Waals surface area contributed by atoms with Crippen molar-refractivity contribution >= 4 is 12.1 Å². The minimum Gasteiger partial charge on any atom is -0.459 e. The largest absolute Gasteiger partial charge is 0.459 e. The van der Waals surface area contributed by atoms with E-state index in [4.69, 9.17) is 4.42 Å². The minimum absolute atomic E-state index is 0.252. The van der Waals surface area contributed by atoms with Crippen LogP contribution in [0.4, 0.5) is 0 Å². The van der Waals surface area contributed by atoms with E-state index in [9.17, 15) is 4.79 Å². The lowest BCUT2D eigenvalue weighted by Crippen LogP contribution is -2.16. The predicted molar refractivity (Wildman–Crippen MR) is 64.8 cm³/mol. The Morgan fingerprint density at radius 1 is 1.24 bits per heavy atom. The molecule has 1 N–H and O–H groups in total. The highest BCUT2D eigenvalue weighted by Crippen LogP contribution is 1.99. The molecule has 1 heterocycles. The van der Waals surface area contributed by atoms with Gasteiger partial charge in [-0.2, -0.15) is 5.10 Å². The Morgan fingerprint density at radius 3 is 2.76 bits per heavy atom. The van der Waals surface area contributed by atoms with E-state index >= 15 is 0 Å². The summed E-state index contributed by atoms with van der Waals surface area (Å²) in [5, 5.41) is 3.84. The second kappa shape index (κ2) is 5.65. The Bertz CT molecular complexity index is 489. The molecule has 2 rings (SSSR count). The van der Waals surface area contributed by atoms with Gasteiger partial charge in [0.25, 0.3) is 0 Å². The molecule has 0 radical (unpaired) electrons.